The first-order chi connectivity index (χ1) is 19.1. The fourth-order valence-electron chi connectivity index (χ4n) is 3.92. The lowest BCUT2D eigenvalue weighted by Gasteiger charge is -2.24. The zero-order chi connectivity index (χ0) is 29.0. The number of carbonyl (C=O) groups excluding carboxylic acids is 3. The van der Waals surface area contributed by atoms with E-state index in [0.717, 1.165) is 11.1 Å². The molecule has 3 atom stereocenters. The first kappa shape index (κ1) is 30.8. The molecular weight excluding hydrogens is 531 g/mol. The van der Waals surface area contributed by atoms with E-state index in [2.05, 4.69) is 10.6 Å². The molecule has 0 heterocycles. The molecule has 10 heteroatoms. The summed E-state index contributed by atoms with van der Waals surface area (Å²) in [6.45, 7) is 3.15. The van der Waals surface area contributed by atoms with Crippen molar-refractivity contribution in [3.8, 4) is 0 Å². The zero-order valence-corrected chi connectivity index (χ0v) is 23.5. The molecule has 0 aromatic heterocycles. The number of nitrogens with one attached hydrogen (secondary N) is 2. The van der Waals surface area contributed by atoms with Crippen LogP contribution in [0, 0.1) is 5.92 Å². The lowest BCUT2D eigenvalue weighted by molar-refractivity contribution is -0.130. The molecule has 212 valence electrons. The first-order valence-electron chi connectivity index (χ1n) is 13.0. The van der Waals surface area contributed by atoms with Crippen molar-refractivity contribution in [3.05, 3.63) is 102 Å². The molecule has 3 N–H and O–H groups in total. The van der Waals surface area contributed by atoms with Crippen molar-refractivity contribution in [2.75, 3.05) is 6.61 Å². The highest BCUT2D eigenvalue weighted by Crippen LogP contribution is 2.40. The second-order valence-electron chi connectivity index (χ2n) is 9.73. The predicted octanol–water partition coefficient (Wildman–Crippen LogP) is 4.15. The van der Waals surface area contributed by atoms with E-state index in [9.17, 15) is 23.8 Å². The number of ether oxygens (including phenoxy) is 1. The molecule has 0 spiro atoms. The zero-order valence-electron chi connectivity index (χ0n) is 22.6. The number of carbonyl (C=O) groups is 3. The Hall–Kier alpha value is -3.78. The minimum atomic E-state index is -4.25. The Morgan fingerprint density at radius 3 is 1.93 bits per heavy atom. The van der Waals surface area contributed by atoms with Crippen molar-refractivity contribution in [2.24, 2.45) is 5.92 Å². The summed E-state index contributed by atoms with van der Waals surface area (Å²) >= 11 is 0. The number of rotatable bonds is 14. The maximum Gasteiger partial charge on any atom is 0.408 e. The summed E-state index contributed by atoms with van der Waals surface area (Å²) in [6.07, 6.45) is -0.333. The van der Waals surface area contributed by atoms with Gasteiger partial charge >= 0.3 is 13.7 Å². The van der Waals surface area contributed by atoms with Crippen molar-refractivity contribution >= 4 is 30.7 Å². The van der Waals surface area contributed by atoms with Crippen molar-refractivity contribution in [1.82, 2.24) is 10.6 Å². The number of hydrogen-bond donors (Lipinski definition) is 3. The molecule has 0 aliphatic heterocycles. The molecule has 0 saturated heterocycles. The van der Waals surface area contributed by atoms with Gasteiger partial charge in [0.2, 0.25) is 5.91 Å². The lowest BCUT2D eigenvalue weighted by Crippen LogP contribution is -2.53. The van der Waals surface area contributed by atoms with Gasteiger partial charge in [-0.25, -0.2) is 4.79 Å². The summed E-state index contributed by atoms with van der Waals surface area (Å²) in [5.41, 5.74) is 1.57. The normalized spacial score (nSPS) is 14.0. The molecule has 0 fully saturated rings. The molecule has 40 heavy (non-hydrogen) atoms. The summed E-state index contributed by atoms with van der Waals surface area (Å²) in [7, 11) is -4.25. The van der Waals surface area contributed by atoms with Gasteiger partial charge in [0.15, 0.2) is 5.78 Å². The molecule has 2 amide bonds. The Labute approximate surface area is 234 Å². The number of hydrogen-bond acceptors (Lipinski definition) is 6. The minimum absolute atomic E-state index is 0.0395. The van der Waals surface area contributed by atoms with E-state index in [4.69, 9.17) is 9.26 Å². The van der Waals surface area contributed by atoms with Gasteiger partial charge in [-0.3, -0.25) is 18.7 Å². The second-order valence-corrected chi connectivity index (χ2v) is 11.6. The average molecular weight is 567 g/mol. The van der Waals surface area contributed by atoms with Crippen molar-refractivity contribution in [3.63, 3.8) is 0 Å². The van der Waals surface area contributed by atoms with Crippen LogP contribution >= 0.6 is 7.60 Å². The van der Waals surface area contributed by atoms with Crippen LogP contribution in [-0.4, -0.2) is 41.4 Å². The van der Waals surface area contributed by atoms with E-state index < -0.39 is 44.1 Å². The fraction of sp³-hybridized carbons (Fsp3) is 0.300. The Balaban J connectivity index is 1.70. The van der Waals surface area contributed by atoms with Crippen LogP contribution in [0.5, 0.6) is 0 Å². The Morgan fingerprint density at radius 1 is 0.800 bits per heavy atom. The fourth-order valence-corrected chi connectivity index (χ4v) is 4.92. The summed E-state index contributed by atoms with van der Waals surface area (Å²) in [5.74, 6) is -1.12. The van der Waals surface area contributed by atoms with Crippen LogP contribution in [-0.2, 0) is 36.4 Å². The monoisotopic (exact) mass is 566 g/mol. The minimum Gasteiger partial charge on any atom is -0.445 e. The van der Waals surface area contributed by atoms with Crippen LogP contribution in [0.25, 0.3) is 0 Å². The van der Waals surface area contributed by atoms with Crippen molar-refractivity contribution < 1.29 is 33.1 Å². The summed E-state index contributed by atoms with van der Waals surface area (Å²) < 4.78 is 23.1. The molecule has 0 aliphatic carbocycles. The van der Waals surface area contributed by atoms with Crippen molar-refractivity contribution in [1.29, 1.82) is 0 Å². The van der Waals surface area contributed by atoms with Gasteiger partial charge < -0.3 is 20.3 Å². The number of amides is 2. The quantitative estimate of drug-likeness (QED) is 0.250. The van der Waals surface area contributed by atoms with Crippen LogP contribution in [0.15, 0.2) is 91.0 Å². The number of alkyl carbamates (subject to hydrolysis) is 1. The van der Waals surface area contributed by atoms with E-state index in [1.807, 2.05) is 50.2 Å². The van der Waals surface area contributed by atoms with Crippen LogP contribution in [0.2, 0.25) is 0 Å². The molecular formula is C30H35N2O7P. The SMILES string of the molecule is CC(C)C[C@H](NC(=O)OCc1ccccc1)C(=O)N[C@@H](Cc1ccccc1)C(=O)COP(=O)(O)c1ccccc1. The second kappa shape index (κ2) is 15.1. The Morgan fingerprint density at radius 2 is 1.35 bits per heavy atom. The molecule has 0 bridgehead atoms. The van der Waals surface area contributed by atoms with Gasteiger partial charge in [-0.05, 0) is 42.0 Å². The molecule has 0 aliphatic rings. The summed E-state index contributed by atoms with van der Waals surface area (Å²) in [5, 5.41) is 5.38. The molecule has 3 aromatic rings. The molecule has 0 saturated carbocycles. The Kier molecular flexibility index (Phi) is 11.6. The van der Waals surface area contributed by atoms with Crippen molar-refractivity contribution in [2.45, 2.75) is 45.4 Å². The van der Waals surface area contributed by atoms with Gasteiger partial charge in [0.1, 0.15) is 19.3 Å². The standard InChI is InChI=1S/C30H35N2O7P/c1-22(2)18-27(32-30(35)38-20-24-14-8-4-9-15-24)29(34)31-26(19-23-12-6-3-7-13-23)28(33)21-39-40(36,37)25-16-10-5-11-17-25/h3-17,22,26-27H,18-21H2,1-2H3,(H,31,34)(H,32,35)(H,36,37)/t26-,27-/m0/s1. The average Bonchev–Trinajstić information content (AvgIpc) is 2.95. The largest absolute Gasteiger partial charge is 0.445 e. The first-order valence-corrected chi connectivity index (χ1v) is 14.6. The van der Waals surface area contributed by atoms with E-state index in [1.54, 1.807) is 42.5 Å². The van der Waals surface area contributed by atoms with Gasteiger partial charge in [0.25, 0.3) is 0 Å². The smallest absolute Gasteiger partial charge is 0.408 e. The highest BCUT2D eigenvalue weighted by atomic mass is 31.2. The molecule has 3 aromatic carbocycles. The maximum absolute atomic E-state index is 13.3. The molecule has 3 rings (SSSR count). The Bertz CT molecular complexity index is 1290. The third-order valence-corrected chi connectivity index (χ3v) is 7.41. The van der Waals surface area contributed by atoms with E-state index in [1.165, 1.54) is 12.1 Å². The maximum atomic E-state index is 13.3. The van der Waals surface area contributed by atoms with E-state index in [-0.39, 0.29) is 24.3 Å². The summed E-state index contributed by atoms with van der Waals surface area (Å²) in [4.78, 5) is 49.4. The van der Waals surface area contributed by atoms with Gasteiger partial charge in [-0.1, -0.05) is 92.7 Å². The van der Waals surface area contributed by atoms with E-state index >= 15 is 0 Å². The highest BCUT2D eigenvalue weighted by molar-refractivity contribution is 7.61. The number of ketones is 1. The van der Waals surface area contributed by atoms with Crippen LogP contribution in [0.4, 0.5) is 4.79 Å². The van der Waals surface area contributed by atoms with Gasteiger partial charge in [-0.15, -0.1) is 0 Å². The number of benzene rings is 3. The van der Waals surface area contributed by atoms with Gasteiger partial charge in [0, 0.05) is 0 Å². The summed E-state index contributed by atoms with van der Waals surface area (Å²) in [6, 6.07) is 23.9. The van der Waals surface area contributed by atoms with Gasteiger partial charge in [-0.2, -0.15) is 0 Å². The molecule has 9 nitrogen and oxygen atoms in total. The third kappa shape index (κ3) is 10.1. The third-order valence-electron chi connectivity index (χ3n) is 5.98. The topological polar surface area (TPSA) is 131 Å². The molecule has 0 radical (unpaired) electrons. The van der Waals surface area contributed by atoms with Crippen LogP contribution < -0.4 is 15.9 Å². The highest BCUT2D eigenvalue weighted by Gasteiger charge is 2.30. The van der Waals surface area contributed by atoms with Gasteiger partial charge in [0.05, 0.1) is 11.3 Å². The van der Waals surface area contributed by atoms with Crippen LogP contribution in [0.1, 0.15) is 31.4 Å². The molecule has 1 unspecified atom stereocenters. The predicted molar refractivity (Wildman–Crippen MR) is 152 cm³/mol. The lowest BCUT2D eigenvalue weighted by atomic mass is 10.00. The number of Topliss-reactive ketones (excluding diaryl/α,β-unsaturated/α-hetero) is 1. The van der Waals surface area contributed by atoms with E-state index in [0.29, 0.717) is 6.42 Å². The van der Waals surface area contributed by atoms with Crippen LogP contribution in [0.3, 0.4) is 0 Å².